The van der Waals surface area contributed by atoms with Gasteiger partial charge in [-0.05, 0) is 60.6 Å². The van der Waals surface area contributed by atoms with Gasteiger partial charge in [-0.25, -0.2) is 4.85 Å². The molecule has 160 valence electrons. The van der Waals surface area contributed by atoms with Gasteiger partial charge in [0.25, 0.3) is 0 Å². The highest BCUT2D eigenvalue weighted by Crippen LogP contribution is 2.35. The van der Waals surface area contributed by atoms with Gasteiger partial charge in [0, 0.05) is 72.3 Å². The number of fused-ring (bicyclic) bond motifs is 2. The molecule has 0 spiro atoms. The lowest BCUT2D eigenvalue weighted by Crippen LogP contribution is -2.50. The van der Waals surface area contributed by atoms with Crippen molar-refractivity contribution in [2.24, 2.45) is 0 Å². The molecule has 1 fully saturated rings. The van der Waals surface area contributed by atoms with Crippen LogP contribution in [0.1, 0.15) is 24.8 Å². The van der Waals surface area contributed by atoms with Gasteiger partial charge in [0.2, 0.25) is 0 Å². The highest BCUT2D eigenvalue weighted by molar-refractivity contribution is 5.95. The van der Waals surface area contributed by atoms with E-state index in [-0.39, 0.29) is 0 Å². The van der Waals surface area contributed by atoms with Crippen molar-refractivity contribution in [1.82, 2.24) is 14.9 Å². The lowest BCUT2D eigenvalue weighted by atomic mass is 9.89. The monoisotopic (exact) mass is 421 g/mol. The minimum atomic E-state index is 0.632. The number of allylic oxidation sites excluding steroid dienone is 1. The third-order valence-corrected chi connectivity index (χ3v) is 7.27. The summed E-state index contributed by atoms with van der Waals surface area (Å²) in [5, 5.41) is 2.50. The highest BCUT2D eigenvalue weighted by atomic mass is 15.3. The van der Waals surface area contributed by atoms with Gasteiger partial charge in [0.1, 0.15) is 0 Å². The van der Waals surface area contributed by atoms with Crippen LogP contribution in [-0.2, 0) is 0 Å². The Bertz CT molecular complexity index is 1340. The molecular weight excluding hydrogens is 394 g/mol. The number of anilines is 1. The Labute approximate surface area is 188 Å². The normalized spacial score (nSPS) is 19.9. The van der Waals surface area contributed by atoms with Gasteiger partial charge in [-0.15, -0.1) is 0 Å². The van der Waals surface area contributed by atoms with Crippen LogP contribution in [0.4, 0.5) is 11.4 Å². The van der Waals surface area contributed by atoms with Crippen LogP contribution in [0, 0.1) is 6.57 Å². The Morgan fingerprint density at radius 3 is 2.62 bits per heavy atom. The summed E-state index contributed by atoms with van der Waals surface area (Å²) in [5.74, 6) is 0. The first kappa shape index (κ1) is 19.2. The number of H-pyrrole nitrogens is 2. The van der Waals surface area contributed by atoms with Gasteiger partial charge in [-0.3, -0.25) is 4.90 Å². The van der Waals surface area contributed by atoms with Gasteiger partial charge in [-0.2, -0.15) is 0 Å². The maximum atomic E-state index is 7.32. The fraction of sp³-hybridized carbons (Fsp3) is 0.296. The molecule has 2 aliphatic rings. The van der Waals surface area contributed by atoms with Crippen LogP contribution in [0.15, 0.2) is 60.9 Å². The SMILES string of the molecule is [C-]#[N+]c1ccc2[nH]cc(C3=CCC(N4CCN(c5cccc6[nH]ccc56)CC4)CC3)c2c1. The molecule has 0 saturated carbocycles. The second kappa shape index (κ2) is 7.89. The van der Waals surface area contributed by atoms with Crippen molar-refractivity contribution in [2.45, 2.75) is 25.3 Å². The van der Waals surface area contributed by atoms with Gasteiger partial charge in [0.15, 0.2) is 5.69 Å². The van der Waals surface area contributed by atoms with Gasteiger partial charge in [-0.1, -0.05) is 18.2 Å². The molecule has 1 unspecified atom stereocenters. The Balaban J connectivity index is 1.14. The van der Waals surface area contributed by atoms with Crippen molar-refractivity contribution in [1.29, 1.82) is 0 Å². The van der Waals surface area contributed by atoms with E-state index in [0.717, 1.165) is 44.5 Å². The van der Waals surface area contributed by atoms with E-state index in [9.17, 15) is 0 Å². The molecule has 0 amide bonds. The molecule has 32 heavy (non-hydrogen) atoms. The predicted octanol–water partition coefficient (Wildman–Crippen LogP) is 5.96. The van der Waals surface area contributed by atoms with Gasteiger partial charge < -0.3 is 14.9 Å². The molecular formula is C27H27N5. The summed E-state index contributed by atoms with van der Waals surface area (Å²) >= 11 is 0. The number of hydrogen-bond donors (Lipinski definition) is 2. The summed E-state index contributed by atoms with van der Waals surface area (Å²) in [6.45, 7) is 11.7. The van der Waals surface area contributed by atoms with Crippen molar-refractivity contribution < 1.29 is 0 Å². The number of piperazine rings is 1. The van der Waals surface area contributed by atoms with E-state index in [4.69, 9.17) is 6.57 Å². The van der Waals surface area contributed by atoms with Crippen molar-refractivity contribution in [3.63, 3.8) is 0 Å². The Kier molecular flexibility index (Phi) is 4.74. The average Bonchev–Trinajstić information content (AvgIpc) is 3.51. The zero-order valence-electron chi connectivity index (χ0n) is 18.1. The highest BCUT2D eigenvalue weighted by Gasteiger charge is 2.26. The summed E-state index contributed by atoms with van der Waals surface area (Å²) in [6, 6.07) is 15.3. The Morgan fingerprint density at radius 2 is 1.81 bits per heavy atom. The number of nitrogens with zero attached hydrogens (tertiary/aromatic N) is 3. The van der Waals surface area contributed by atoms with E-state index >= 15 is 0 Å². The number of aromatic nitrogens is 2. The number of aromatic amines is 2. The first-order valence-electron chi connectivity index (χ1n) is 11.5. The molecule has 2 aromatic heterocycles. The number of hydrogen-bond acceptors (Lipinski definition) is 2. The topological polar surface area (TPSA) is 42.4 Å². The summed E-state index contributed by atoms with van der Waals surface area (Å²) < 4.78 is 0. The third kappa shape index (κ3) is 3.28. The van der Waals surface area contributed by atoms with E-state index < -0.39 is 0 Å². The lowest BCUT2D eigenvalue weighted by Gasteiger charge is -2.41. The molecule has 1 atom stereocenters. The van der Waals surface area contributed by atoms with Crippen LogP contribution in [0.25, 0.3) is 32.2 Å². The van der Waals surface area contributed by atoms with Crippen LogP contribution in [0.5, 0.6) is 0 Å². The van der Waals surface area contributed by atoms with Crippen molar-refractivity contribution in [3.8, 4) is 0 Å². The quantitative estimate of drug-likeness (QED) is 0.401. The summed E-state index contributed by atoms with van der Waals surface area (Å²) in [4.78, 5) is 15.5. The van der Waals surface area contributed by atoms with Gasteiger partial charge >= 0.3 is 0 Å². The zero-order chi connectivity index (χ0) is 21.5. The predicted molar refractivity (Wildman–Crippen MR) is 132 cm³/mol. The van der Waals surface area contributed by atoms with Crippen LogP contribution >= 0.6 is 0 Å². The molecule has 1 aliphatic carbocycles. The molecule has 2 N–H and O–H groups in total. The molecule has 0 radical (unpaired) electrons. The Morgan fingerprint density at radius 1 is 0.938 bits per heavy atom. The zero-order valence-corrected chi connectivity index (χ0v) is 18.1. The molecule has 1 saturated heterocycles. The van der Waals surface area contributed by atoms with Crippen molar-refractivity contribution in [2.75, 3.05) is 31.1 Å². The first-order valence-corrected chi connectivity index (χ1v) is 11.5. The minimum absolute atomic E-state index is 0.632. The lowest BCUT2D eigenvalue weighted by molar-refractivity contribution is 0.175. The summed E-state index contributed by atoms with van der Waals surface area (Å²) in [5.41, 5.74) is 7.09. The molecule has 1 aliphatic heterocycles. The van der Waals surface area contributed by atoms with E-state index in [0.29, 0.717) is 11.7 Å². The summed E-state index contributed by atoms with van der Waals surface area (Å²) in [6.07, 6.45) is 10.0. The molecule has 6 rings (SSSR count). The maximum Gasteiger partial charge on any atom is 0.188 e. The average molecular weight is 422 g/mol. The van der Waals surface area contributed by atoms with E-state index in [1.54, 1.807) is 0 Å². The van der Waals surface area contributed by atoms with Crippen molar-refractivity contribution in [3.05, 3.63) is 77.9 Å². The van der Waals surface area contributed by atoms with E-state index in [2.05, 4.69) is 61.2 Å². The smallest absolute Gasteiger partial charge is 0.188 e. The molecule has 5 nitrogen and oxygen atoms in total. The molecule has 0 bridgehead atoms. The summed E-state index contributed by atoms with van der Waals surface area (Å²) in [7, 11) is 0. The Hall–Kier alpha value is -3.49. The fourth-order valence-corrected chi connectivity index (χ4v) is 5.51. The standard InChI is InChI=1S/C27H27N5/c1-28-20-7-10-26-23(17-20)24(18-30-26)19-5-8-21(9-6-19)31-13-15-32(16-14-31)27-4-2-3-25-22(27)11-12-29-25/h2-5,7,10-12,17-18,21,29-30H,6,8-9,13-16H2. The largest absolute Gasteiger partial charge is 0.368 e. The number of rotatable bonds is 3. The number of nitrogens with one attached hydrogen (secondary N) is 2. The second-order valence-corrected chi connectivity index (χ2v) is 8.94. The van der Waals surface area contributed by atoms with Crippen LogP contribution < -0.4 is 4.90 Å². The minimum Gasteiger partial charge on any atom is -0.368 e. The molecule has 3 heterocycles. The van der Waals surface area contributed by atoms with Crippen LogP contribution in [-0.4, -0.2) is 47.1 Å². The van der Waals surface area contributed by atoms with Crippen molar-refractivity contribution >= 4 is 38.8 Å². The van der Waals surface area contributed by atoms with Crippen LogP contribution in [0.2, 0.25) is 0 Å². The first-order chi connectivity index (χ1) is 15.8. The fourth-order valence-electron chi connectivity index (χ4n) is 5.51. The van der Waals surface area contributed by atoms with Gasteiger partial charge in [0.05, 0.1) is 6.57 Å². The molecule has 4 aromatic rings. The van der Waals surface area contributed by atoms with Crippen LogP contribution in [0.3, 0.4) is 0 Å². The molecule has 5 heteroatoms. The maximum absolute atomic E-state index is 7.32. The van der Waals surface area contributed by atoms with E-state index in [1.165, 1.54) is 39.5 Å². The molecule has 2 aromatic carbocycles. The van der Waals surface area contributed by atoms with E-state index in [1.807, 2.05) is 24.4 Å². The third-order valence-electron chi connectivity index (χ3n) is 7.27. The number of benzene rings is 2. The second-order valence-electron chi connectivity index (χ2n) is 8.94.